The molecule has 0 radical (unpaired) electrons. The highest BCUT2D eigenvalue weighted by Crippen LogP contribution is 2.35. The molecular weight excluding hydrogens is 218 g/mol. The van der Waals surface area contributed by atoms with Crippen molar-refractivity contribution in [2.24, 2.45) is 0 Å². The monoisotopic (exact) mass is 235 g/mol. The highest BCUT2D eigenvalue weighted by molar-refractivity contribution is 6.03. The van der Waals surface area contributed by atoms with E-state index in [0.717, 1.165) is 12.0 Å². The van der Waals surface area contributed by atoms with Gasteiger partial charge in [0.25, 0.3) is 0 Å². The highest BCUT2D eigenvalue weighted by Gasteiger charge is 2.42. The van der Waals surface area contributed by atoms with Gasteiger partial charge in [-0.15, -0.1) is 0 Å². The molecule has 0 spiro atoms. The van der Waals surface area contributed by atoms with E-state index in [0.29, 0.717) is 12.8 Å². The minimum atomic E-state index is -0.519. The standard InChI is InChI=1S/C13H15NO2.H2O/c1-2-13(10-6-4-3-5-7-10)9-8-11(15)14-12(13)16;/h3-7H,2,8-9H2,1H3,(H,14,15,16);1H2. The van der Waals surface area contributed by atoms with Gasteiger partial charge in [-0.25, -0.2) is 0 Å². The molecule has 0 saturated carbocycles. The van der Waals surface area contributed by atoms with E-state index in [2.05, 4.69) is 5.32 Å². The van der Waals surface area contributed by atoms with Gasteiger partial charge in [-0.2, -0.15) is 0 Å². The van der Waals surface area contributed by atoms with Crippen LogP contribution in [0.25, 0.3) is 0 Å². The molecule has 1 aliphatic rings. The summed E-state index contributed by atoms with van der Waals surface area (Å²) in [5.41, 5.74) is 0.484. The Morgan fingerprint density at radius 2 is 1.88 bits per heavy atom. The van der Waals surface area contributed by atoms with E-state index in [1.54, 1.807) is 0 Å². The third-order valence-electron chi connectivity index (χ3n) is 3.40. The van der Waals surface area contributed by atoms with Crippen LogP contribution in [0.15, 0.2) is 30.3 Å². The van der Waals surface area contributed by atoms with Gasteiger partial charge in [0.15, 0.2) is 0 Å². The highest BCUT2D eigenvalue weighted by atomic mass is 16.2. The molecule has 2 amide bonds. The summed E-state index contributed by atoms with van der Waals surface area (Å²) in [6, 6.07) is 9.70. The van der Waals surface area contributed by atoms with E-state index in [-0.39, 0.29) is 17.3 Å². The van der Waals surface area contributed by atoms with Crippen LogP contribution in [0.2, 0.25) is 0 Å². The van der Waals surface area contributed by atoms with Gasteiger partial charge < -0.3 is 5.48 Å². The van der Waals surface area contributed by atoms with Crippen LogP contribution >= 0.6 is 0 Å². The van der Waals surface area contributed by atoms with Crippen LogP contribution in [0.4, 0.5) is 0 Å². The van der Waals surface area contributed by atoms with Gasteiger partial charge in [0.1, 0.15) is 0 Å². The minimum Gasteiger partial charge on any atom is -0.412 e. The fourth-order valence-electron chi connectivity index (χ4n) is 2.32. The second kappa shape index (κ2) is 5.10. The molecule has 1 saturated heterocycles. The molecule has 4 nitrogen and oxygen atoms in total. The molecule has 2 rings (SSSR count). The summed E-state index contributed by atoms with van der Waals surface area (Å²) in [6.45, 7) is 1.99. The Morgan fingerprint density at radius 1 is 1.24 bits per heavy atom. The predicted octanol–water partition coefficient (Wildman–Crippen LogP) is 0.946. The summed E-state index contributed by atoms with van der Waals surface area (Å²) in [5, 5.41) is 2.44. The Bertz CT molecular complexity index is 416. The lowest BCUT2D eigenvalue weighted by Crippen LogP contribution is -2.51. The molecule has 0 aromatic heterocycles. The Balaban J connectivity index is 0.00000144. The summed E-state index contributed by atoms with van der Waals surface area (Å²) in [6.07, 6.45) is 1.75. The van der Waals surface area contributed by atoms with Crippen molar-refractivity contribution in [3.05, 3.63) is 35.9 Å². The van der Waals surface area contributed by atoms with Crippen LogP contribution in [-0.4, -0.2) is 17.3 Å². The fraction of sp³-hybridized carbons (Fsp3) is 0.385. The number of carbonyl (C=O) groups is 2. The average molecular weight is 235 g/mol. The summed E-state index contributed by atoms with van der Waals surface area (Å²) >= 11 is 0. The molecule has 1 unspecified atom stereocenters. The first-order chi connectivity index (χ1) is 7.69. The van der Waals surface area contributed by atoms with E-state index in [1.165, 1.54) is 0 Å². The number of hydrogen-bond acceptors (Lipinski definition) is 2. The number of piperidine rings is 1. The largest absolute Gasteiger partial charge is 0.412 e. The van der Waals surface area contributed by atoms with Gasteiger partial charge in [0, 0.05) is 6.42 Å². The Hall–Kier alpha value is -1.68. The zero-order chi connectivity index (χ0) is 11.6. The molecule has 1 atom stereocenters. The third-order valence-corrected chi connectivity index (χ3v) is 3.40. The lowest BCUT2D eigenvalue weighted by atomic mass is 9.72. The number of amides is 2. The van der Waals surface area contributed by atoms with Gasteiger partial charge in [-0.05, 0) is 18.4 Å². The maximum Gasteiger partial charge on any atom is 0.237 e. The van der Waals surface area contributed by atoms with Gasteiger partial charge in [-0.1, -0.05) is 37.3 Å². The van der Waals surface area contributed by atoms with E-state index < -0.39 is 5.41 Å². The van der Waals surface area contributed by atoms with Gasteiger partial charge >= 0.3 is 0 Å². The minimum absolute atomic E-state index is 0. The Labute approximate surface area is 100 Å². The van der Waals surface area contributed by atoms with Crippen molar-refractivity contribution in [2.75, 3.05) is 0 Å². The van der Waals surface area contributed by atoms with Crippen molar-refractivity contribution in [3.8, 4) is 0 Å². The quantitative estimate of drug-likeness (QED) is 0.774. The molecule has 92 valence electrons. The zero-order valence-electron chi connectivity index (χ0n) is 9.82. The first kappa shape index (κ1) is 13.4. The van der Waals surface area contributed by atoms with Crippen LogP contribution in [-0.2, 0) is 15.0 Å². The van der Waals surface area contributed by atoms with Crippen LogP contribution in [0, 0.1) is 0 Å². The summed E-state index contributed by atoms with van der Waals surface area (Å²) in [4.78, 5) is 23.2. The molecule has 1 fully saturated rings. The van der Waals surface area contributed by atoms with Crippen molar-refractivity contribution in [1.82, 2.24) is 5.32 Å². The van der Waals surface area contributed by atoms with E-state index in [9.17, 15) is 9.59 Å². The molecule has 1 aromatic carbocycles. The van der Waals surface area contributed by atoms with Gasteiger partial charge in [-0.3, -0.25) is 14.9 Å². The molecule has 1 heterocycles. The lowest BCUT2D eigenvalue weighted by molar-refractivity contribution is -0.138. The summed E-state index contributed by atoms with van der Waals surface area (Å²) < 4.78 is 0. The molecular formula is C13H17NO3. The maximum absolute atomic E-state index is 12.0. The molecule has 4 heteroatoms. The smallest absolute Gasteiger partial charge is 0.237 e. The van der Waals surface area contributed by atoms with Crippen LogP contribution in [0.5, 0.6) is 0 Å². The zero-order valence-corrected chi connectivity index (χ0v) is 9.82. The van der Waals surface area contributed by atoms with E-state index >= 15 is 0 Å². The van der Waals surface area contributed by atoms with Crippen LogP contribution < -0.4 is 5.32 Å². The SMILES string of the molecule is CCC1(c2ccccc2)CCC(=O)NC1=O.O. The van der Waals surface area contributed by atoms with Crippen LogP contribution in [0.3, 0.4) is 0 Å². The number of carbonyl (C=O) groups excluding carboxylic acids is 2. The van der Waals surface area contributed by atoms with Crippen molar-refractivity contribution in [1.29, 1.82) is 0 Å². The van der Waals surface area contributed by atoms with Crippen molar-refractivity contribution in [3.63, 3.8) is 0 Å². The number of benzene rings is 1. The molecule has 0 bridgehead atoms. The molecule has 17 heavy (non-hydrogen) atoms. The van der Waals surface area contributed by atoms with Crippen LogP contribution in [0.1, 0.15) is 31.7 Å². The molecule has 1 aromatic rings. The third kappa shape index (κ3) is 2.22. The normalized spacial score (nSPS) is 23.8. The maximum atomic E-state index is 12.0. The topological polar surface area (TPSA) is 77.7 Å². The number of hydrogen-bond donors (Lipinski definition) is 1. The summed E-state index contributed by atoms with van der Waals surface area (Å²) in [5.74, 6) is -0.317. The fourth-order valence-corrected chi connectivity index (χ4v) is 2.32. The predicted molar refractivity (Wildman–Crippen MR) is 64.4 cm³/mol. The summed E-state index contributed by atoms with van der Waals surface area (Å²) in [7, 11) is 0. The second-order valence-electron chi connectivity index (χ2n) is 4.18. The number of nitrogens with one attached hydrogen (secondary N) is 1. The average Bonchev–Trinajstić information content (AvgIpc) is 2.31. The van der Waals surface area contributed by atoms with E-state index in [4.69, 9.17) is 0 Å². The first-order valence-electron chi connectivity index (χ1n) is 5.59. The van der Waals surface area contributed by atoms with Crippen molar-refractivity contribution < 1.29 is 15.1 Å². The Morgan fingerprint density at radius 3 is 2.41 bits per heavy atom. The number of rotatable bonds is 2. The second-order valence-corrected chi connectivity index (χ2v) is 4.18. The molecule has 1 aliphatic heterocycles. The Kier molecular flexibility index (Phi) is 4.02. The van der Waals surface area contributed by atoms with E-state index in [1.807, 2.05) is 37.3 Å². The lowest BCUT2D eigenvalue weighted by Gasteiger charge is -2.34. The van der Waals surface area contributed by atoms with Crippen molar-refractivity contribution >= 4 is 11.8 Å². The van der Waals surface area contributed by atoms with Gasteiger partial charge in [0.2, 0.25) is 11.8 Å². The number of imide groups is 1. The van der Waals surface area contributed by atoms with Crippen molar-refractivity contribution in [2.45, 2.75) is 31.6 Å². The van der Waals surface area contributed by atoms with Gasteiger partial charge in [0.05, 0.1) is 5.41 Å². The first-order valence-corrected chi connectivity index (χ1v) is 5.59. The molecule has 3 N–H and O–H groups in total. The molecule has 0 aliphatic carbocycles.